The van der Waals surface area contributed by atoms with Gasteiger partial charge in [0.1, 0.15) is 0 Å². The van der Waals surface area contributed by atoms with E-state index in [-0.39, 0.29) is 6.54 Å². The Kier molecular flexibility index (Phi) is 5.01. The van der Waals surface area contributed by atoms with Gasteiger partial charge in [0.25, 0.3) is 0 Å². The highest BCUT2D eigenvalue weighted by atomic mass is 35.5. The molecule has 120 valence electrons. The molecule has 3 rings (SSSR count). The fraction of sp³-hybridized carbons (Fsp3) is 0.588. The molecule has 4 nitrogen and oxygen atoms in total. The van der Waals surface area contributed by atoms with Gasteiger partial charge in [-0.3, -0.25) is 9.69 Å². The third kappa shape index (κ3) is 4.45. The van der Waals surface area contributed by atoms with Crippen molar-refractivity contribution in [1.82, 2.24) is 10.2 Å². The number of carboxylic acid groups (broad SMARTS) is 1. The molecule has 0 spiro atoms. The average molecular weight is 323 g/mol. The summed E-state index contributed by atoms with van der Waals surface area (Å²) in [5.41, 5.74) is 1.23. The summed E-state index contributed by atoms with van der Waals surface area (Å²) in [6.07, 6.45) is 4.63. The molecule has 1 aromatic rings. The van der Waals surface area contributed by atoms with E-state index in [2.05, 4.69) is 10.2 Å². The maximum atomic E-state index is 11.0. The Hall–Kier alpha value is -1.10. The molecule has 0 saturated heterocycles. The van der Waals surface area contributed by atoms with Gasteiger partial charge in [-0.05, 0) is 49.3 Å². The summed E-state index contributed by atoms with van der Waals surface area (Å²) in [5.74, 6) is 0.0265. The summed E-state index contributed by atoms with van der Waals surface area (Å²) < 4.78 is 0. The zero-order chi connectivity index (χ0) is 15.5. The molecule has 0 heterocycles. The molecule has 5 heteroatoms. The lowest BCUT2D eigenvalue weighted by Crippen LogP contribution is -2.54. The third-order valence-electron chi connectivity index (χ3n) is 4.67. The van der Waals surface area contributed by atoms with Crippen LogP contribution < -0.4 is 5.32 Å². The van der Waals surface area contributed by atoms with Crippen molar-refractivity contribution in [2.45, 2.75) is 44.3 Å². The highest BCUT2D eigenvalue weighted by Gasteiger charge is 2.36. The number of carboxylic acids is 1. The summed E-state index contributed by atoms with van der Waals surface area (Å²) in [5, 5.41) is 13.4. The van der Waals surface area contributed by atoms with E-state index < -0.39 is 5.97 Å². The number of hydrogen-bond donors (Lipinski definition) is 2. The summed E-state index contributed by atoms with van der Waals surface area (Å²) in [6.45, 7) is 1.99. The number of nitrogens with zero attached hydrogens (tertiary/aromatic N) is 1. The van der Waals surface area contributed by atoms with Crippen molar-refractivity contribution in [3.63, 3.8) is 0 Å². The Labute approximate surface area is 136 Å². The largest absolute Gasteiger partial charge is 0.480 e. The van der Waals surface area contributed by atoms with Crippen LogP contribution in [0.15, 0.2) is 24.3 Å². The molecular formula is C17H23ClN2O2. The minimum absolute atomic E-state index is 0.186. The number of rotatable bonds is 8. The lowest BCUT2D eigenvalue weighted by Gasteiger charge is -2.43. The van der Waals surface area contributed by atoms with E-state index in [1.54, 1.807) is 0 Å². The molecule has 2 N–H and O–H groups in total. The van der Waals surface area contributed by atoms with E-state index >= 15 is 0 Å². The van der Waals surface area contributed by atoms with E-state index in [1.807, 2.05) is 24.3 Å². The van der Waals surface area contributed by atoms with Gasteiger partial charge < -0.3 is 10.4 Å². The van der Waals surface area contributed by atoms with Gasteiger partial charge in [0, 0.05) is 30.2 Å². The number of hydrogen-bond acceptors (Lipinski definition) is 3. The van der Waals surface area contributed by atoms with Crippen molar-refractivity contribution in [3.05, 3.63) is 34.9 Å². The van der Waals surface area contributed by atoms with Crippen molar-refractivity contribution >= 4 is 17.6 Å². The summed E-state index contributed by atoms with van der Waals surface area (Å²) in [6, 6.07) is 8.82. The SMILES string of the molecule is O=C(O)CN(CC1CC1)C1CC(NCc2ccc(Cl)cc2)C1. The highest BCUT2D eigenvalue weighted by Crippen LogP contribution is 2.33. The van der Waals surface area contributed by atoms with Crippen molar-refractivity contribution in [2.24, 2.45) is 5.92 Å². The molecule has 0 radical (unpaired) electrons. The molecule has 0 amide bonds. The van der Waals surface area contributed by atoms with Gasteiger partial charge in [0.2, 0.25) is 0 Å². The van der Waals surface area contributed by atoms with Crippen LogP contribution in [0, 0.1) is 5.92 Å². The first kappa shape index (κ1) is 15.8. The number of carbonyl (C=O) groups is 1. The molecular weight excluding hydrogens is 300 g/mol. The van der Waals surface area contributed by atoms with Crippen LogP contribution in [0.1, 0.15) is 31.2 Å². The van der Waals surface area contributed by atoms with Crippen LogP contribution in [0.3, 0.4) is 0 Å². The lowest BCUT2D eigenvalue weighted by molar-refractivity contribution is -0.139. The molecule has 2 aliphatic rings. The Morgan fingerprint density at radius 3 is 2.55 bits per heavy atom. The molecule has 0 bridgehead atoms. The van der Waals surface area contributed by atoms with Crippen LogP contribution in [0.5, 0.6) is 0 Å². The highest BCUT2D eigenvalue weighted by molar-refractivity contribution is 6.30. The van der Waals surface area contributed by atoms with Crippen molar-refractivity contribution in [2.75, 3.05) is 13.1 Å². The van der Waals surface area contributed by atoms with Crippen molar-refractivity contribution in [1.29, 1.82) is 0 Å². The van der Waals surface area contributed by atoms with E-state index in [1.165, 1.54) is 18.4 Å². The van der Waals surface area contributed by atoms with Crippen LogP contribution in [0.4, 0.5) is 0 Å². The zero-order valence-corrected chi connectivity index (χ0v) is 13.4. The van der Waals surface area contributed by atoms with E-state index in [0.717, 1.165) is 36.9 Å². The number of benzene rings is 1. The summed E-state index contributed by atoms with van der Waals surface area (Å²) >= 11 is 5.88. The van der Waals surface area contributed by atoms with Crippen LogP contribution in [0.25, 0.3) is 0 Å². The van der Waals surface area contributed by atoms with Crippen LogP contribution >= 0.6 is 11.6 Å². The monoisotopic (exact) mass is 322 g/mol. The lowest BCUT2D eigenvalue weighted by atomic mass is 9.85. The molecule has 22 heavy (non-hydrogen) atoms. The van der Waals surface area contributed by atoms with Gasteiger partial charge in [-0.2, -0.15) is 0 Å². The van der Waals surface area contributed by atoms with Crippen molar-refractivity contribution in [3.8, 4) is 0 Å². The first-order chi connectivity index (χ1) is 10.6. The van der Waals surface area contributed by atoms with Gasteiger partial charge >= 0.3 is 5.97 Å². The molecule has 0 aromatic heterocycles. The predicted molar refractivity (Wildman–Crippen MR) is 87.0 cm³/mol. The van der Waals surface area contributed by atoms with Crippen molar-refractivity contribution < 1.29 is 9.90 Å². The Morgan fingerprint density at radius 2 is 1.95 bits per heavy atom. The number of halogens is 1. The second kappa shape index (κ2) is 6.99. The smallest absolute Gasteiger partial charge is 0.317 e. The van der Waals surface area contributed by atoms with Gasteiger partial charge in [0.05, 0.1) is 6.54 Å². The average Bonchev–Trinajstić information content (AvgIpc) is 3.22. The van der Waals surface area contributed by atoms with Crippen LogP contribution in [0.2, 0.25) is 5.02 Å². The second-order valence-corrected chi connectivity index (χ2v) is 7.03. The molecule has 1 aromatic carbocycles. The van der Waals surface area contributed by atoms with Gasteiger partial charge in [-0.15, -0.1) is 0 Å². The minimum atomic E-state index is -0.710. The van der Waals surface area contributed by atoms with Crippen LogP contribution in [-0.4, -0.2) is 41.1 Å². The standard InChI is InChI=1S/C17H23ClN2O2/c18-14-5-3-12(4-6-14)9-19-15-7-16(8-15)20(11-17(21)22)10-13-1-2-13/h3-6,13,15-16,19H,1-2,7-11H2,(H,21,22). The molecule has 2 fully saturated rings. The van der Waals surface area contributed by atoms with E-state index in [9.17, 15) is 4.79 Å². The first-order valence-electron chi connectivity index (χ1n) is 8.04. The third-order valence-corrected chi connectivity index (χ3v) is 4.92. The molecule has 2 aliphatic carbocycles. The van der Waals surface area contributed by atoms with Crippen LogP contribution in [-0.2, 0) is 11.3 Å². The summed E-state index contributed by atoms with van der Waals surface area (Å²) in [4.78, 5) is 13.2. The molecule has 0 aliphatic heterocycles. The predicted octanol–water partition coefficient (Wildman–Crippen LogP) is 2.76. The summed E-state index contributed by atoms with van der Waals surface area (Å²) in [7, 11) is 0. The molecule has 0 unspecified atom stereocenters. The van der Waals surface area contributed by atoms with Gasteiger partial charge in [0.15, 0.2) is 0 Å². The molecule has 2 saturated carbocycles. The quantitative estimate of drug-likeness (QED) is 0.772. The molecule has 0 atom stereocenters. The normalized spacial score (nSPS) is 24.3. The fourth-order valence-electron chi connectivity index (χ4n) is 3.07. The van der Waals surface area contributed by atoms with Gasteiger partial charge in [-0.25, -0.2) is 0 Å². The maximum Gasteiger partial charge on any atom is 0.317 e. The van der Waals surface area contributed by atoms with E-state index in [0.29, 0.717) is 12.1 Å². The Morgan fingerprint density at radius 1 is 1.27 bits per heavy atom. The Bertz CT molecular complexity index is 510. The second-order valence-electron chi connectivity index (χ2n) is 6.60. The topological polar surface area (TPSA) is 52.6 Å². The van der Waals surface area contributed by atoms with Gasteiger partial charge in [-0.1, -0.05) is 23.7 Å². The number of nitrogens with one attached hydrogen (secondary N) is 1. The minimum Gasteiger partial charge on any atom is -0.480 e. The number of aliphatic carboxylic acids is 1. The Balaban J connectivity index is 1.41. The fourth-order valence-corrected chi connectivity index (χ4v) is 3.19. The maximum absolute atomic E-state index is 11.0. The zero-order valence-electron chi connectivity index (χ0n) is 12.7. The van der Waals surface area contributed by atoms with E-state index in [4.69, 9.17) is 16.7 Å². The first-order valence-corrected chi connectivity index (χ1v) is 8.41.